The van der Waals surface area contributed by atoms with E-state index in [0.29, 0.717) is 5.56 Å². The smallest absolute Gasteiger partial charge is 0.308 e. The second-order valence-corrected chi connectivity index (χ2v) is 4.42. The van der Waals surface area contributed by atoms with Gasteiger partial charge in [-0.1, -0.05) is 12.1 Å². The Bertz CT molecular complexity index is 500. The van der Waals surface area contributed by atoms with Crippen molar-refractivity contribution in [1.29, 1.82) is 0 Å². The quantitative estimate of drug-likeness (QED) is 0.404. The van der Waals surface area contributed by atoms with Gasteiger partial charge in [0.25, 0.3) is 0 Å². The van der Waals surface area contributed by atoms with Crippen LogP contribution in [0.4, 0.5) is 5.69 Å². The van der Waals surface area contributed by atoms with Crippen molar-refractivity contribution in [2.45, 2.75) is 32.5 Å². The van der Waals surface area contributed by atoms with Crippen molar-refractivity contribution in [3.05, 3.63) is 29.3 Å². The van der Waals surface area contributed by atoms with Crippen LogP contribution in [-0.2, 0) is 9.53 Å². The maximum Gasteiger partial charge on any atom is 0.308 e. The van der Waals surface area contributed by atoms with Crippen LogP contribution in [0.1, 0.15) is 42.3 Å². The van der Waals surface area contributed by atoms with Crippen LogP contribution in [0.2, 0.25) is 0 Å². The van der Waals surface area contributed by atoms with Crippen LogP contribution in [0.25, 0.3) is 0 Å². The molecular formula is C14H19NO5. The lowest BCUT2D eigenvalue weighted by Gasteiger charge is -2.19. The zero-order valence-electron chi connectivity index (χ0n) is 11.5. The average Bonchev–Trinajstić information content (AvgIpc) is 2.37. The van der Waals surface area contributed by atoms with Crippen LogP contribution in [0.3, 0.4) is 0 Å². The summed E-state index contributed by atoms with van der Waals surface area (Å²) in [5.74, 6) is -0.747. The number of hydrogen-bond donors (Lipinski definition) is 3. The maximum atomic E-state index is 11.2. The predicted octanol–water partition coefficient (Wildman–Crippen LogP) is 0.819. The van der Waals surface area contributed by atoms with E-state index in [0.717, 1.165) is 0 Å². The summed E-state index contributed by atoms with van der Waals surface area (Å²) in [5.41, 5.74) is 6.62. The summed E-state index contributed by atoms with van der Waals surface area (Å²) in [4.78, 5) is 22.4. The molecule has 1 rings (SSSR count). The SMILES string of the molecule is CCOC(=O)CC(O)C(O)c1ccc(C(C)=O)cc1N. The van der Waals surface area contributed by atoms with E-state index in [1.807, 2.05) is 0 Å². The van der Waals surface area contributed by atoms with Crippen LogP contribution in [0.15, 0.2) is 18.2 Å². The number of carbonyl (C=O) groups excluding carboxylic acids is 2. The Hall–Kier alpha value is -1.92. The fourth-order valence-corrected chi connectivity index (χ4v) is 1.77. The molecular weight excluding hydrogens is 262 g/mol. The second-order valence-electron chi connectivity index (χ2n) is 4.42. The van der Waals surface area contributed by atoms with E-state index >= 15 is 0 Å². The van der Waals surface area contributed by atoms with Crippen molar-refractivity contribution in [1.82, 2.24) is 0 Å². The normalized spacial score (nSPS) is 13.6. The van der Waals surface area contributed by atoms with E-state index in [4.69, 9.17) is 10.5 Å². The molecule has 0 aliphatic rings. The van der Waals surface area contributed by atoms with E-state index in [-0.39, 0.29) is 30.1 Å². The summed E-state index contributed by atoms with van der Waals surface area (Å²) in [6.45, 7) is 3.26. The van der Waals surface area contributed by atoms with Gasteiger partial charge in [-0.05, 0) is 19.9 Å². The first kappa shape index (κ1) is 16.1. The number of Topliss-reactive ketones (excluding diaryl/α,β-unsaturated/α-hetero) is 1. The number of ketones is 1. The van der Waals surface area contributed by atoms with Crippen LogP contribution < -0.4 is 5.73 Å². The van der Waals surface area contributed by atoms with Gasteiger partial charge in [0.2, 0.25) is 0 Å². The van der Waals surface area contributed by atoms with Crippen molar-refractivity contribution < 1.29 is 24.5 Å². The lowest BCUT2D eigenvalue weighted by Crippen LogP contribution is -2.24. The van der Waals surface area contributed by atoms with Crippen molar-refractivity contribution in [3.8, 4) is 0 Å². The lowest BCUT2D eigenvalue weighted by molar-refractivity contribution is -0.147. The summed E-state index contributed by atoms with van der Waals surface area (Å²) in [5, 5.41) is 19.8. The first-order chi connectivity index (χ1) is 9.36. The van der Waals surface area contributed by atoms with Crippen molar-refractivity contribution >= 4 is 17.4 Å². The highest BCUT2D eigenvalue weighted by atomic mass is 16.5. The van der Waals surface area contributed by atoms with E-state index in [9.17, 15) is 19.8 Å². The minimum atomic E-state index is -1.32. The fourth-order valence-electron chi connectivity index (χ4n) is 1.77. The van der Waals surface area contributed by atoms with Gasteiger partial charge in [-0.3, -0.25) is 9.59 Å². The van der Waals surface area contributed by atoms with Crippen LogP contribution in [0.5, 0.6) is 0 Å². The largest absolute Gasteiger partial charge is 0.466 e. The molecule has 6 nitrogen and oxygen atoms in total. The standard InChI is InChI=1S/C14H19NO5/c1-3-20-13(18)7-12(17)14(19)10-5-4-9(8(2)16)6-11(10)15/h4-6,12,14,17,19H,3,7,15H2,1-2H3. The third-order valence-corrected chi connectivity index (χ3v) is 2.86. The Morgan fingerprint density at radius 1 is 1.35 bits per heavy atom. The number of carbonyl (C=O) groups is 2. The molecule has 0 bridgehead atoms. The van der Waals surface area contributed by atoms with Gasteiger partial charge in [0.05, 0.1) is 19.1 Å². The first-order valence-electron chi connectivity index (χ1n) is 6.29. The third-order valence-electron chi connectivity index (χ3n) is 2.86. The monoisotopic (exact) mass is 281 g/mol. The number of hydrogen-bond acceptors (Lipinski definition) is 6. The van der Waals surface area contributed by atoms with Crippen LogP contribution >= 0.6 is 0 Å². The Balaban J connectivity index is 2.83. The van der Waals surface area contributed by atoms with Gasteiger partial charge in [-0.2, -0.15) is 0 Å². The molecule has 0 saturated carbocycles. The number of benzene rings is 1. The predicted molar refractivity (Wildman–Crippen MR) is 73.1 cm³/mol. The number of ether oxygens (including phenoxy) is 1. The Kier molecular flexibility index (Phi) is 5.66. The molecule has 1 aromatic carbocycles. The summed E-state index contributed by atoms with van der Waals surface area (Å²) in [6, 6.07) is 4.40. The summed E-state index contributed by atoms with van der Waals surface area (Å²) < 4.78 is 4.69. The highest BCUT2D eigenvalue weighted by Gasteiger charge is 2.24. The summed E-state index contributed by atoms with van der Waals surface area (Å²) in [7, 11) is 0. The number of aliphatic hydroxyl groups excluding tert-OH is 2. The zero-order valence-corrected chi connectivity index (χ0v) is 11.5. The van der Waals surface area contributed by atoms with Crippen molar-refractivity contribution in [2.24, 2.45) is 0 Å². The molecule has 0 aromatic heterocycles. The second kappa shape index (κ2) is 7.02. The maximum absolute atomic E-state index is 11.2. The Labute approximate surface area is 117 Å². The average molecular weight is 281 g/mol. The first-order valence-corrected chi connectivity index (χ1v) is 6.29. The topological polar surface area (TPSA) is 110 Å². The van der Waals surface area contributed by atoms with E-state index in [1.54, 1.807) is 6.92 Å². The number of esters is 1. The molecule has 0 aliphatic carbocycles. The van der Waals surface area contributed by atoms with Gasteiger partial charge in [0.15, 0.2) is 5.78 Å². The van der Waals surface area contributed by atoms with E-state index in [1.165, 1.54) is 25.1 Å². The molecule has 1 aromatic rings. The number of nitrogens with two attached hydrogens (primary N) is 1. The lowest BCUT2D eigenvalue weighted by atomic mass is 9.98. The van der Waals surface area contributed by atoms with E-state index in [2.05, 4.69) is 0 Å². The van der Waals surface area contributed by atoms with Gasteiger partial charge in [-0.15, -0.1) is 0 Å². The molecule has 2 atom stereocenters. The molecule has 0 heterocycles. The minimum absolute atomic E-state index is 0.148. The molecule has 110 valence electrons. The molecule has 20 heavy (non-hydrogen) atoms. The molecule has 0 amide bonds. The highest BCUT2D eigenvalue weighted by Crippen LogP contribution is 2.26. The Morgan fingerprint density at radius 2 is 2.00 bits per heavy atom. The number of anilines is 1. The summed E-state index contributed by atoms with van der Waals surface area (Å²) in [6.07, 6.45) is -2.97. The molecule has 0 fully saturated rings. The molecule has 0 radical (unpaired) electrons. The third kappa shape index (κ3) is 4.04. The van der Waals surface area contributed by atoms with Gasteiger partial charge < -0.3 is 20.7 Å². The number of nitrogen functional groups attached to an aromatic ring is 1. The van der Waals surface area contributed by atoms with Gasteiger partial charge >= 0.3 is 5.97 Å². The molecule has 0 aliphatic heterocycles. The van der Waals surface area contributed by atoms with Crippen molar-refractivity contribution in [3.63, 3.8) is 0 Å². The minimum Gasteiger partial charge on any atom is -0.466 e. The highest BCUT2D eigenvalue weighted by molar-refractivity contribution is 5.95. The number of aliphatic hydroxyl groups is 2. The van der Waals surface area contributed by atoms with Gasteiger partial charge in [0, 0.05) is 16.8 Å². The molecule has 6 heteroatoms. The van der Waals surface area contributed by atoms with Crippen LogP contribution in [0, 0.1) is 0 Å². The molecule has 4 N–H and O–H groups in total. The fraction of sp³-hybridized carbons (Fsp3) is 0.429. The van der Waals surface area contributed by atoms with E-state index < -0.39 is 18.2 Å². The molecule has 0 spiro atoms. The van der Waals surface area contributed by atoms with Gasteiger partial charge in [-0.25, -0.2) is 0 Å². The number of rotatable bonds is 6. The zero-order chi connectivity index (χ0) is 15.3. The van der Waals surface area contributed by atoms with Crippen LogP contribution in [-0.4, -0.2) is 34.7 Å². The molecule has 0 saturated heterocycles. The Morgan fingerprint density at radius 3 is 2.50 bits per heavy atom. The molecule has 2 unspecified atom stereocenters. The summed E-state index contributed by atoms with van der Waals surface area (Å²) >= 11 is 0. The van der Waals surface area contributed by atoms with Crippen molar-refractivity contribution in [2.75, 3.05) is 12.3 Å². The van der Waals surface area contributed by atoms with Gasteiger partial charge in [0.1, 0.15) is 6.10 Å².